The van der Waals surface area contributed by atoms with E-state index >= 15 is 0 Å². The molecule has 0 saturated heterocycles. The van der Waals surface area contributed by atoms with E-state index in [2.05, 4.69) is 31.1 Å². The van der Waals surface area contributed by atoms with Crippen molar-refractivity contribution < 1.29 is 9.18 Å². The van der Waals surface area contributed by atoms with Crippen molar-refractivity contribution in [3.63, 3.8) is 0 Å². The van der Waals surface area contributed by atoms with Gasteiger partial charge in [-0.3, -0.25) is 14.2 Å². The van der Waals surface area contributed by atoms with Gasteiger partial charge in [-0.05, 0) is 25.0 Å². The third kappa shape index (κ3) is 3.35. The summed E-state index contributed by atoms with van der Waals surface area (Å²) in [6.07, 6.45) is 6.13. The van der Waals surface area contributed by atoms with E-state index in [1.165, 1.54) is 30.2 Å². The zero-order valence-electron chi connectivity index (χ0n) is 17.3. The Morgan fingerprint density at radius 2 is 2.06 bits per heavy atom. The van der Waals surface area contributed by atoms with Crippen LogP contribution in [-0.4, -0.2) is 47.9 Å². The van der Waals surface area contributed by atoms with Gasteiger partial charge in [0.15, 0.2) is 5.65 Å². The van der Waals surface area contributed by atoms with Crippen LogP contribution < -0.4 is 21.5 Å². The average molecular weight is 437 g/mol. The summed E-state index contributed by atoms with van der Waals surface area (Å²) in [7, 11) is 3.16. The van der Waals surface area contributed by atoms with E-state index in [-0.39, 0.29) is 23.3 Å². The summed E-state index contributed by atoms with van der Waals surface area (Å²) in [5.74, 6) is 0.0111. The Kier molecular flexibility index (Phi) is 4.61. The number of halogens is 1. The van der Waals surface area contributed by atoms with Crippen LogP contribution in [0.15, 0.2) is 41.6 Å². The maximum Gasteiger partial charge on any atom is 0.278 e. The zero-order valence-corrected chi connectivity index (χ0v) is 17.3. The minimum atomic E-state index is -0.633. The van der Waals surface area contributed by atoms with Crippen LogP contribution in [0.4, 0.5) is 21.7 Å². The number of nitrogens with zero attached hydrogens (tertiary/aromatic N) is 6. The van der Waals surface area contributed by atoms with Crippen LogP contribution in [0, 0.1) is 5.95 Å². The second-order valence-corrected chi connectivity index (χ2v) is 7.48. The maximum absolute atomic E-state index is 14.3. The normalized spacial score (nSPS) is 13.3. The van der Waals surface area contributed by atoms with Gasteiger partial charge in [-0.1, -0.05) is 0 Å². The van der Waals surface area contributed by atoms with E-state index in [4.69, 9.17) is 0 Å². The van der Waals surface area contributed by atoms with Gasteiger partial charge in [-0.25, -0.2) is 9.67 Å². The Hall–Kier alpha value is -4.22. The first-order chi connectivity index (χ1) is 15.5. The minimum absolute atomic E-state index is 0.0373. The van der Waals surface area contributed by atoms with Gasteiger partial charge in [0.2, 0.25) is 5.95 Å². The summed E-state index contributed by atoms with van der Waals surface area (Å²) in [5, 5.41) is 17.0. The van der Waals surface area contributed by atoms with E-state index in [1.807, 2.05) is 0 Å². The number of rotatable bonds is 6. The van der Waals surface area contributed by atoms with E-state index in [9.17, 15) is 14.0 Å². The number of anilines is 3. The smallest absolute Gasteiger partial charge is 0.278 e. The Morgan fingerprint density at radius 3 is 2.75 bits per heavy atom. The predicted molar refractivity (Wildman–Crippen MR) is 115 cm³/mol. The predicted octanol–water partition coefficient (Wildman–Crippen LogP) is 1.43. The van der Waals surface area contributed by atoms with Crippen LogP contribution >= 0.6 is 0 Å². The van der Waals surface area contributed by atoms with E-state index in [1.54, 1.807) is 25.2 Å². The molecule has 4 heterocycles. The lowest BCUT2D eigenvalue weighted by molar-refractivity contribution is 0.0952. The average Bonchev–Trinajstić information content (AvgIpc) is 3.39. The molecule has 0 radical (unpaired) electrons. The van der Waals surface area contributed by atoms with Crippen molar-refractivity contribution in [2.24, 2.45) is 7.05 Å². The van der Waals surface area contributed by atoms with Gasteiger partial charge < -0.3 is 16.0 Å². The second kappa shape index (κ2) is 7.48. The first-order valence-electron chi connectivity index (χ1n) is 10.00. The van der Waals surface area contributed by atoms with Crippen LogP contribution in [-0.2, 0) is 7.05 Å². The van der Waals surface area contributed by atoms with Crippen molar-refractivity contribution >= 4 is 28.9 Å². The number of nitrogens with one attached hydrogen (secondary N) is 3. The van der Waals surface area contributed by atoms with Crippen molar-refractivity contribution in [3.8, 4) is 5.69 Å². The number of amides is 1. The van der Waals surface area contributed by atoms with Crippen molar-refractivity contribution in [1.29, 1.82) is 0 Å². The fourth-order valence-electron chi connectivity index (χ4n) is 3.35. The van der Waals surface area contributed by atoms with Gasteiger partial charge in [0.05, 0.1) is 12.4 Å². The van der Waals surface area contributed by atoms with E-state index < -0.39 is 11.5 Å². The molecule has 1 amide bonds. The molecule has 1 aliphatic rings. The van der Waals surface area contributed by atoms with Gasteiger partial charge in [-0.2, -0.15) is 19.1 Å². The molecule has 1 saturated carbocycles. The maximum atomic E-state index is 14.3. The molecular formula is C20H20FN9O2. The number of fused-ring (bicyclic) bond motifs is 1. The fraction of sp³-hybridized carbons (Fsp3) is 0.250. The lowest BCUT2D eigenvalue weighted by Gasteiger charge is -2.11. The van der Waals surface area contributed by atoms with Crippen LogP contribution in [0.25, 0.3) is 11.3 Å². The second-order valence-electron chi connectivity index (χ2n) is 7.48. The van der Waals surface area contributed by atoms with Gasteiger partial charge in [0.25, 0.3) is 11.5 Å². The van der Waals surface area contributed by atoms with Crippen molar-refractivity contribution in [3.05, 3.63) is 58.7 Å². The molecule has 4 aromatic heterocycles. The highest BCUT2D eigenvalue weighted by molar-refractivity contribution is 6.00. The first kappa shape index (κ1) is 19.7. The highest BCUT2D eigenvalue weighted by Crippen LogP contribution is 2.23. The monoisotopic (exact) mass is 437 g/mol. The number of hydrogen-bond donors (Lipinski definition) is 3. The topological polar surface area (TPSA) is 123 Å². The Morgan fingerprint density at radius 1 is 1.25 bits per heavy atom. The van der Waals surface area contributed by atoms with Crippen LogP contribution in [0.2, 0.25) is 0 Å². The van der Waals surface area contributed by atoms with E-state index in [0.717, 1.165) is 22.1 Å². The standard InChI is InChI=1S/C20H20FN9O2/c1-22-16-8-15(27-18-12(9-24-30(16)18)19(31)25-11-5-6-11)26-13-4-3-7-29(20(13)32)14-10-23-28(2)17(14)21/h3-4,7-11,22H,5-6H2,1-2H3,(H,25,31)(H,26,27). The summed E-state index contributed by atoms with van der Waals surface area (Å²) < 4.78 is 18.0. The summed E-state index contributed by atoms with van der Waals surface area (Å²) >= 11 is 0. The molecule has 1 fully saturated rings. The van der Waals surface area contributed by atoms with Gasteiger partial charge in [0, 0.05) is 32.4 Å². The quantitative estimate of drug-likeness (QED) is 0.417. The molecule has 0 spiro atoms. The highest BCUT2D eigenvalue weighted by atomic mass is 19.1. The molecule has 3 N–H and O–H groups in total. The molecule has 0 bridgehead atoms. The molecule has 11 nitrogen and oxygen atoms in total. The lowest BCUT2D eigenvalue weighted by Crippen LogP contribution is -2.25. The zero-order chi connectivity index (χ0) is 22.4. The van der Waals surface area contributed by atoms with Gasteiger partial charge >= 0.3 is 0 Å². The molecule has 12 heteroatoms. The number of aromatic nitrogens is 6. The number of hydrogen-bond acceptors (Lipinski definition) is 7. The molecule has 1 aliphatic carbocycles. The number of carbonyl (C=O) groups excluding carboxylic acids is 1. The molecule has 0 unspecified atom stereocenters. The molecule has 164 valence electrons. The molecule has 0 aromatic carbocycles. The van der Waals surface area contributed by atoms with Crippen LogP contribution in [0.1, 0.15) is 23.2 Å². The molecule has 5 rings (SSSR count). The SMILES string of the molecule is CNc1cc(Nc2cccn(-c3cnn(C)c3F)c2=O)nc2c(C(=O)NC3CC3)cnn12. The summed E-state index contributed by atoms with van der Waals surface area (Å²) in [4.78, 5) is 30.1. The third-order valence-electron chi connectivity index (χ3n) is 5.20. The Bertz CT molecular complexity index is 1400. The molecule has 0 atom stereocenters. The van der Waals surface area contributed by atoms with E-state index in [0.29, 0.717) is 22.8 Å². The van der Waals surface area contributed by atoms with Crippen LogP contribution in [0.5, 0.6) is 0 Å². The molecule has 0 aliphatic heterocycles. The summed E-state index contributed by atoms with van der Waals surface area (Å²) in [5.41, 5.74) is 0.410. The summed E-state index contributed by atoms with van der Waals surface area (Å²) in [6, 6.07) is 5.03. The van der Waals surface area contributed by atoms with Crippen molar-refractivity contribution in [2.75, 3.05) is 17.7 Å². The van der Waals surface area contributed by atoms with Crippen LogP contribution in [0.3, 0.4) is 0 Å². The fourth-order valence-corrected chi connectivity index (χ4v) is 3.35. The minimum Gasteiger partial charge on any atom is -0.373 e. The first-order valence-corrected chi connectivity index (χ1v) is 10.00. The van der Waals surface area contributed by atoms with Gasteiger partial charge in [-0.15, -0.1) is 0 Å². The van der Waals surface area contributed by atoms with Crippen molar-refractivity contribution in [2.45, 2.75) is 18.9 Å². The lowest BCUT2D eigenvalue weighted by atomic mass is 10.3. The molecular weight excluding hydrogens is 417 g/mol. The molecule has 4 aromatic rings. The molecule has 32 heavy (non-hydrogen) atoms. The highest BCUT2D eigenvalue weighted by Gasteiger charge is 2.26. The largest absolute Gasteiger partial charge is 0.373 e. The number of pyridine rings is 1. The number of aryl methyl sites for hydroxylation is 1. The Labute approximate surface area is 180 Å². The van der Waals surface area contributed by atoms with Gasteiger partial charge in [0.1, 0.15) is 28.6 Å². The number of carbonyl (C=O) groups is 1. The van der Waals surface area contributed by atoms with Crippen molar-refractivity contribution in [1.82, 2.24) is 34.3 Å². The summed E-state index contributed by atoms with van der Waals surface area (Å²) in [6.45, 7) is 0. The third-order valence-corrected chi connectivity index (χ3v) is 5.20. The Balaban J connectivity index is 1.54.